The van der Waals surface area contributed by atoms with Gasteiger partial charge in [-0.2, -0.15) is 11.8 Å². The van der Waals surface area contributed by atoms with E-state index < -0.39 is 0 Å². The summed E-state index contributed by atoms with van der Waals surface area (Å²) < 4.78 is 0.893. The van der Waals surface area contributed by atoms with Crippen molar-refractivity contribution in [2.75, 3.05) is 24.6 Å². The molecule has 0 saturated carbocycles. The van der Waals surface area contributed by atoms with E-state index in [1.165, 1.54) is 0 Å². The van der Waals surface area contributed by atoms with Gasteiger partial charge in [-0.1, -0.05) is 23.7 Å². The molecule has 0 bridgehead atoms. The number of guanidine groups is 1. The third-order valence-electron chi connectivity index (χ3n) is 2.78. The zero-order valence-electron chi connectivity index (χ0n) is 9.90. The molecule has 0 unspecified atom stereocenters. The number of nitrogens with zero attached hydrogens (tertiary/aromatic N) is 2. The number of thioether (sulfide) groups is 1. The van der Waals surface area contributed by atoms with E-state index >= 15 is 0 Å². The standard InChI is InChI=1S/C12H15BrClN3S/c13-10-3-1-2-9(11(10)14)8-16-12(15)17-4-6-18-7-5-17/h1-3H,4-8H2,(H2,15,16). The van der Waals surface area contributed by atoms with E-state index in [0.29, 0.717) is 17.5 Å². The SMILES string of the molecule is NC(=NCc1cccc(Br)c1Cl)N1CCSCC1. The van der Waals surface area contributed by atoms with Crippen LogP contribution in [0.3, 0.4) is 0 Å². The van der Waals surface area contributed by atoms with Crippen LogP contribution >= 0.6 is 39.3 Å². The summed E-state index contributed by atoms with van der Waals surface area (Å²) in [5.41, 5.74) is 6.98. The van der Waals surface area contributed by atoms with Crippen molar-refractivity contribution >= 4 is 45.3 Å². The third-order valence-corrected chi connectivity index (χ3v) is 5.06. The Morgan fingerprint density at radius 3 is 2.89 bits per heavy atom. The van der Waals surface area contributed by atoms with E-state index in [-0.39, 0.29) is 0 Å². The van der Waals surface area contributed by atoms with E-state index in [4.69, 9.17) is 17.3 Å². The molecule has 18 heavy (non-hydrogen) atoms. The Hall–Kier alpha value is -0.390. The van der Waals surface area contributed by atoms with Crippen LogP contribution in [0.5, 0.6) is 0 Å². The molecule has 0 aromatic heterocycles. The van der Waals surface area contributed by atoms with Crippen molar-refractivity contribution in [2.45, 2.75) is 6.54 Å². The van der Waals surface area contributed by atoms with E-state index in [1.54, 1.807) is 0 Å². The van der Waals surface area contributed by atoms with Gasteiger partial charge in [0, 0.05) is 29.1 Å². The topological polar surface area (TPSA) is 41.6 Å². The highest BCUT2D eigenvalue weighted by molar-refractivity contribution is 9.10. The van der Waals surface area contributed by atoms with Crippen molar-refractivity contribution < 1.29 is 0 Å². The molecular weight excluding hydrogens is 334 g/mol. The first kappa shape index (κ1) is 14.0. The maximum atomic E-state index is 6.19. The number of halogens is 2. The fourth-order valence-corrected chi connectivity index (χ4v) is 3.23. The Morgan fingerprint density at radius 1 is 1.44 bits per heavy atom. The minimum Gasteiger partial charge on any atom is -0.370 e. The van der Waals surface area contributed by atoms with Gasteiger partial charge < -0.3 is 10.6 Å². The van der Waals surface area contributed by atoms with Crippen LogP contribution in [-0.2, 0) is 6.54 Å². The van der Waals surface area contributed by atoms with Crippen LogP contribution in [0.2, 0.25) is 5.02 Å². The number of hydrogen-bond acceptors (Lipinski definition) is 2. The molecule has 98 valence electrons. The van der Waals surface area contributed by atoms with E-state index in [0.717, 1.165) is 34.6 Å². The van der Waals surface area contributed by atoms with Crippen LogP contribution in [0.15, 0.2) is 27.7 Å². The minimum absolute atomic E-state index is 0.522. The molecule has 1 saturated heterocycles. The summed E-state index contributed by atoms with van der Waals surface area (Å²) >= 11 is 11.5. The second-order valence-electron chi connectivity index (χ2n) is 3.99. The average Bonchev–Trinajstić information content (AvgIpc) is 2.41. The first-order chi connectivity index (χ1) is 8.68. The number of nitrogens with two attached hydrogens (primary N) is 1. The molecule has 0 amide bonds. The van der Waals surface area contributed by atoms with E-state index in [9.17, 15) is 0 Å². The Kier molecular flexibility index (Phi) is 5.21. The molecule has 6 heteroatoms. The van der Waals surface area contributed by atoms with Crippen molar-refractivity contribution in [2.24, 2.45) is 10.7 Å². The van der Waals surface area contributed by atoms with Crippen LogP contribution in [0.25, 0.3) is 0 Å². The fraction of sp³-hybridized carbons (Fsp3) is 0.417. The first-order valence-corrected chi connectivity index (χ1v) is 8.06. The van der Waals surface area contributed by atoms with Crippen LogP contribution in [0.1, 0.15) is 5.56 Å². The van der Waals surface area contributed by atoms with Gasteiger partial charge in [-0.25, -0.2) is 4.99 Å². The number of benzene rings is 1. The van der Waals surface area contributed by atoms with Gasteiger partial charge in [0.2, 0.25) is 0 Å². The van der Waals surface area contributed by atoms with E-state index in [1.807, 2.05) is 30.0 Å². The summed E-state index contributed by atoms with van der Waals surface area (Å²) in [5, 5.41) is 0.711. The second kappa shape index (κ2) is 6.68. The second-order valence-corrected chi connectivity index (χ2v) is 6.44. The molecule has 0 aliphatic carbocycles. The van der Waals surface area contributed by atoms with Gasteiger partial charge in [0.05, 0.1) is 11.6 Å². The Labute approximate surface area is 125 Å². The van der Waals surface area contributed by atoms with Crippen LogP contribution in [-0.4, -0.2) is 35.5 Å². The molecule has 1 heterocycles. The fourth-order valence-electron chi connectivity index (χ4n) is 1.73. The minimum atomic E-state index is 0.522. The van der Waals surface area contributed by atoms with Crippen molar-refractivity contribution in [1.82, 2.24) is 4.90 Å². The van der Waals surface area contributed by atoms with Gasteiger partial charge in [-0.05, 0) is 27.6 Å². The zero-order chi connectivity index (χ0) is 13.0. The maximum Gasteiger partial charge on any atom is 0.191 e. The van der Waals surface area contributed by atoms with Crippen molar-refractivity contribution in [1.29, 1.82) is 0 Å². The molecule has 1 fully saturated rings. The summed E-state index contributed by atoms with van der Waals surface area (Å²) in [6.45, 7) is 2.48. The molecule has 1 aromatic rings. The Bertz CT molecular complexity index is 447. The largest absolute Gasteiger partial charge is 0.370 e. The first-order valence-electron chi connectivity index (χ1n) is 5.74. The summed E-state index contributed by atoms with van der Waals surface area (Å²) in [6.07, 6.45) is 0. The molecular formula is C12H15BrClN3S. The highest BCUT2D eigenvalue weighted by Crippen LogP contribution is 2.26. The molecule has 0 spiro atoms. The summed E-state index contributed by atoms with van der Waals surface area (Å²) in [4.78, 5) is 6.55. The molecule has 2 N–H and O–H groups in total. The lowest BCUT2D eigenvalue weighted by atomic mass is 10.2. The van der Waals surface area contributed by atoms with Gasteiger partial charge in [-0.15, -0.1) is 0 Å². The third kappa shape index (κ3) is 3.56. The quantitative estimate of drug-likeness (QED) is 0.660. The van der Waals surface area contributed by atoms with Crippen LogP contribution < -0.4 is 5.73 Å². The maximum absolute atomic E-state index is 6.19. The lowest BCUT2D eigenvalue weighted by Crippen LogP contribution is -2.42. The predicted octanol–water partition coefficient (Wildman–Crippen LogP) is 2.97. The summed E-state index contributed by atoms with van der Waals surface area (Å²) in [6, 6.07) is 5.84. The molecule has 3 nitrogen and oxygen atoms in total. The monoisotopic (exact) mass is 347 g/mol. The van der Waals surface area contributed by atoms with Crippen molar-refractivity contribution in [3.63, 3.8) is 0 Å². The highest BCUT2D eigenvalue weighted by Gasteiger charge is 2.12. The molecule has 1 aliphatic rings. The van der Waals surface area contributed by atoms with Gasteiger partial charge >= 0.3 is 0 Å². The normalized spacial score (nSPS) is 17.0. The number of hydrogen-bond donors (Lipinski definition) is 1. The van der Waals surface area contributed by atoms with Gasteiger partial charge in [0.1, 0.15) is 0 Å². The highest BCUT2D eigenvalue weighted by atomic mass is 79.9. The van der Waals surface area contributed by atoms with Crippen LogP contribution in [0, 0.1) is 0 Å². The summed E-state index contributed by atoms with van der Waals surface area (Å²) in [7, 11) is 0. The number of rotatable bonds is 2. The molecule has 0 atom stereocenters. The van der Waals surface area contributed by atoms with Gasteiger partial charge in [0.15, 0.2) is 5.96 Å². The molecule has 1 aliphatic heterocycles. The smallest absolute Gasteiger partial charge is 0.191 e. The zero-order valence-corrected chi connectivity index (χ0v) is 13.1. The Morgan fingerprint density at radius 2 is 2.17 bits per heavy atom. The average molecular weight is 349 g/mol. The lowest BCUT2D eigenvalue weighted by molar-refractivity contribution is 0.455. The van der Waals surface area contributed by atoms with Gasteiger partial charge in [0.25, 0.3) is 0 Å². The Balaban J connectivity index is 2.02. The van der Waals surface area contributed by atoms with Crippen LogP contribution in [0.4, 0.5) is 0 Å². The molecule has 2 rings (SSSR count). The molecule has 0 radical (unpaired) electrons. The van der Waals surface area contributed by atoms with Crippen molar-refractivity contribution in [3.8, 4) is 0 Å². The van der Waals surface area contributed by atoms with Crippen molar-refractivity contribution in [3.05, 3.63) is 33.3 Å². The molecule has 1 aromatic carbocycles. The lowest BCUT2D eigenvalue weighted by Gasteiger charge is -2.27. The predicted molar refractivity (Wildman–Crippen MR) is 83.4 cm³/mol. The van der Waals surface area contributed by atoms with Gasteiger partial charge in [-0.3, -0.25) is 0 Å². The summed E-state index contributed by atoms with van der Waals surface area (Å²) in [5.74, 6) is 2.85. The number of aliphatic imine (C=N–C) groups is 1. The van der Waals surface area contributed by atoms with E-state index in [2.05, 4.69) is 25.8 Å².